The molecule has 0 saturated heterocycles. The molecule has 4 nitrogen and oxygen atoms in total. The lowest BCUT2D eigenvalue weighted by molar-refractivity contribution is 0.0949. The van der Waals surface area contributed by atoms with Crippen LogP contribution in [-0.4, -0.2) is 27.9 Å². The van der Waals surface area contributed by atoms with Gasteiger partial charge in [-0.3, -0.25) is 4.79 Å². The molecule has 1 N–H and O–H groups in total. The second-order valence-corrected chi connectivity index (χ2v) is 5.39. The summed E-state index contributed by atoms with van der Waals surface area (Å²) in [5, 5.41) is 6.95. The maximum Gasteiger partial charge on any atom is 0.264 e. The molecule has 1 aromatic heterocycles. The van der Waals surface area contributed by atoms with Crippen molar-refractivity contribution in [3.05, 3.63) is 10.6 Å². The zero-order valence-corrected chi connectivity index (χ0v) is 12.5. The van der Waals surface area contributed by atoms with Gasteiger partial charge in [0.15, 0.2) is 0 Å². The number of hydrogen-bond acceptors (Lipinski definition) is 4. The van der Waals surface area contributed by atoms with E-state index in [9.17, 15) is 4.79 Å². The van der Waals surface area contributed by atoms with Crippen LogP contribution in [0.2, 0.25) is 0 Å². The Balaban J connectivity index is 2.51. The van der Waals surface area contributed by atoms with Crippen LogP contribution in [0.25, 0.3) is 0 Å². The quantitative estimate of drug-likeness (QED) is 0.749. The monoisotopic (exact) mass is 289 g/mol. The SMILES string of the molecule is CCCc1nnsc1C(=O)NCC(CC)CCCl. The molecule has 1 amide bonds. The lowest BCUT2D eigenvalue weighted by Crippen LogP contribution is -2.29. The Morgan fingerprint density at radius 1 is 1.50 bits per heavy atom. The van der Waals surface area contributed by atoms with Gasteiger partial charge in [-0.15, -0.1) is 16.7 Å². The third-order valence-electron chi connectivity index (χ3n) is 2.89. The molecule has 0 saturated carbocycles. The summed E-state index contributed by atoms with van der Waals surface area (Å²) < 4.78 is 3.86. The molecule has 0 bridgehead atoms. The minimum absolute atomic E-state index is 0.0542. The number of hydrogen-bond donors (Lipinski definition) is 1. The lowest BCUT2D eigenvalue weighted by atomic mass is 10.0. The topological polar surface area (TPSA) is 54.9 Å². The van der Waals surface area contributed by atoms with Crippen LogP contribution in [0.1, 0.15) is 48.5 Å². The summed E-state index contributed by atoms with van der Waals surface area (Å²) in [6, 6.07) is 0. The highest BCUT2D eigenvalue weighted by atomic mass is 35.5. The summed E-state index contributed by atoms with van der Waals surface area (Å²) >= 11 is 6.90. The first-order valence-electron chi connectivity index (χ1n) is 6.38. The Bertz CT molecular complexity index is 370. The second kappa shape index (κ2) is 8.43. The fourth-order valence-corrected chi connectivity index (χ4v) is 2.64. The number of alkyl halides is 1. The molecule has 0 aliphatic rings. The summed E-state index contributed by atoms with van der Waals surface area (Å²) in [7, 11) is 0. The predicted octanol–water partition coefficient (Wildman–Crippen LogP) is 2.88. The predicted molar refractivity (Wildman–Crippen MR) is 75.4 cm³/mol. The Labute approximate surface area is 117 Å². The van der Waals surface area contributed by atoms with Gasteiger partial charge in [-0.25, -0.2) is 0 Å². The number of amides is 1. The summed E-state index contributed by atoms with van der Waals surface area (Å²) in [6.07, 6.45) is 3.73. The van der Waals surface area contributed by atoms with Gasteiger partial charge in [0.25, 0.3) is 5.91 Å². The van der Waals surface area contributed by atoms with E-state index in [4.69, 9.17) is 11.6 Å². The van der Waals surface area contributed by atoms with E-state index in [1.165, 1.54) is 11.5 Å². The Morgan fingerprint density at radius 3 is 2.89 bits per heavy atom. The van der Waals surface area contributed by atoms with Crippen molar-refractivity contribution in [3.63, 3.8) is 0 Å². The van der Waals surface area contributed by atoms with E-state index in [1.807, 2.05) is 0 Å². The molecule has 102 valence electrons. The molecule has 1 atom stereocenters. The van der Waals surface area contributed by atoms with Crippen molar-refractivity contribution in [3.8, 4) is 0 Å². The van der Waals surface area contributed by atoms with E-state index in [1.54, 1.807) is 0 Å². The fourth-order valence-electron chi connectivity index (χ4n) is 1.70. The number of carbonyl (C=O) groups is 1. The van der Waals surface area contributed by atoms with Crippen LogP contribution in [0.5, 0.6) is 0 Å². The van der Waals surface area contributed by atoms with E-state index in [0.29, 0.717) is 23.2 Å². The van der Waals surface area contributed by atoms with Crippen LogP contribution in [-0.2, 0) is 6.42 Å². The smallest absolute Gasteiger partial charge is 0.264 e. The number of halogens is 1. The number of carbonyl (C=O) groups excluding carboxylic acids is 1. The Morgan fingerprint density at radius 2 is 2.28 bits per heavy atom. The molecule has 0 radical (unpaired) electrons. The van der Waals surface area contributed by atoms with Crippen LogP contribution in [0.3, 0.4) is 0 Å². The molecule has 1 heterocycles. The highest BCUT2D eigenvalue weighted by molar-refractivity contribution is 7.08. The normalized spacial score (nSPS) is 12.4. The Hall–Kier alpha value is -0.680. The molecule has 6 heteroatoms. The molecule has 1 unspecified atom stereocenters. The molecule has 0 spiro atoms. The number of rotatable bonds is 8. The first-order valence-corrected chi connectivity index (χ1v) is 7.69. The molecule has 18 heavy (non-hydrogen) atoms. The third kappa shape index (κ3) is 4.53. The van der Waals surface area contributed by atoms with Crippen LogP contribution < -0.4 is 5.32 Å². The Kier molecular flexibility index (Phi) is 7.20. The van der Waals surface area contributed by atoms with Gasteiger partial charge in [-0.1, -0.05) is 31.2 Å². The van der Waals surface area contributed by atoms with Gasteiger partial charge < -0.3 is 5.32 Å². The lowest BCUT2D eigenvalue weighted by Gasteiger charge is -2.13. The van der Waals surface area contributed by atoms with Crippen molar-refractivity contribution in [1.29, 1.82) is 0 Å². The second-order valence-electron chi connectivity index (χ2n) is 4.26. The molecule has 1 aromatic rings. The molecule has 0 aliphatic heterocycles. The zero-order chi connectivity index (χ0) is 13.4. The number of aryl methyl sites for hydroxylation is 1. The van der Waals surface area contributed by atoms with Gasteiger partial charge in [-0.2, -0.15) is 0 Å². The maximum absolute atomic E-state index is 12.0. The maximum atomic E-state index is 12.0. The molecule has 1 rings (SSSR count). The van der Waals surface area contributed by atoms with Crippen molar-refractivity contribution < 1.29 is 4.79 Å². The van der Waals surface area contributed by atoms with E-state index in [2.05, 4.69) is 28.8 Å². The molecular weight excluding hydrogens is 270 g/mol. The summed E-state index contributed by atoms with van der Waals surface area (Å²) in [5.74, 6) is 1.03. The van der Waals surface area contributed by atoms with Gasteiger partial charge in [0.05, 0.1) is 5.69 Å². The first kappa shape index (κ1) is 15.4. The van der Waals surface area contributed by atoms with E-state index in [-0.39, 0.29) is 5.91 Å². The van der Waals surface area contributed by atoms with Gasteiger partial charge in [-0.05, 0) is 30.3 Å². The van der Waals surface area contributed by atoms with E-state index < -0.39 is 0 Å². The van der Waals surface area contributed by atoms with Crippen LogP contribution in [0.15, 0.2) is 0 Å². The highest BCUT2D eigenvalue weighted by Crippen LogP contribution is 2.13. The van der Waals surface area contributed by atoms with Crippen molar-refractivity contribution in [2.24, 2.45) is 5.92 Å². The van der Waals surface area contributed by atoms with Gasteiger partial charge in [0.1, 0.15) is 4.88 Å². The van der Waals surface area contributed by atoms with Crippen molar-refractivity contribution >= 4 is 29.0 Å². The van der Waals surface area contributed by atoms with E-state index in [0.717, 1.165) is 31.4 Å². The summed E-state index contributed by atoms with van der Waals surface area (Å²) in [6.45, 7) is 4.85. The van der Waals surface area contributed by atoms with Gasteiger partial charge in [0, 0.05) is 12.4 Å². The van der Waals surface area contributed by atoms with Crippen molar-refractivity contribution in [2.45, 2.75) is 39.5 Å². The van der Waals surface area contributed by atoms with Crippen LogP contribution in [0, 0.1) is 5.92 Å². The summed E-state index contributed by atoms with van der Waals surface area (Å²) in [4.78, 5) is 12.7. The zero-order valence-electron chi connectivity index (χ0n) is 10.9. The number of aromatic nitrogens is 2. The molecule has 0 aromatic carbocycles. The average Bonchev–Trinajstić information content (AvgIpc) is 2.83. The standard InChI is InChI=1S/C12H20ClN3OS/c1-3-5-10-11(18-16-15-10)12(17)14-8-9(4-2)6-7-13/h9H,3-8H2,1-2H3,(H,14,17). The first-order chi connectivity index (χ1) is 8.72. The van der Waals surface area contributed by atoms with Crippen LogP contribution >= 0.6 is 23.1 Å². The van der Waals surface area contributed by atoms with Crippen molar-refractivity contribution in [2.75, 3.05) is 12.4 Å². The average molecular weight is 290 g/mol. The summed E-state index contributed by atoms with van der Waals surface area (Å²) in [5.41, 5.74) is 0.811. The van der Waals surface area contributed by atoms with Gasteiger partial charge in [0.2, 0.25) is 0 Å². The minimum atomic E-state index is -0.0542. The highest BCUT2D eigenvalue weighted by Gasteiger charge is 2.16. The third-order valence-corrected chi connectivity index (χ3v) is 3.88. The number of nitrogens with one attached hydrogen (secondary N) is 1. The fraction of sp³-hybridized carbons (Fsp3) is 0.750. The minimum Gasteiger partial charge on any atom is -0.351 e. The number of nitrogens with zero attached hydrogens (tertiary/aromatic N) is 2. The molecule has 0 fully saturated rings. The molecular formula is C12H20ClN3OS. The van der Waals surface area contributed by atoms with Gasteiger partial charge >= 0.3 is 0 Å². The van der Waals surface area contributed by atoms with E-state index >= 15 is 0 Å². The van der Waals surface area contributed by atoms with Crippen molar-refractivity contribution in [1.82, 2.24) is 14.9 Å². The van der Waals surface area contributed by atoms with Crippen LogP contribution in [0.4, 0.5) is 0 Å². The largest absolute Gasteiger partial charge is 0.351 e. The molecule has 0 aliphatic carbocycles.